The lowest BCUT2D eigenvalue weighted by atomic mass is 10.0. The fraction of sp³-hybridized carbons (Fsp3) is 0.348. The number of rotatable bonds is 3. The first kappa shape index (κ1) is 24.6. The number of H-pyrrole nitrogens is 1. The number of amides is 1. The maximum Gasteiger partial charge on any atom is 0.416 e. The van der Waals surface area contributed by atoms with Crippen LogP contribution in [-0.4, -0.2) is 27.6 Å². The molecular formula is C23H21F6N5O. The highest BCUT2D eigenvalue weighted by atomic mass is 19.4. The number of hydrogen-bond donors (Lipinski definition) is 3. The quantitative estimate of drug-likeness (QED) is 0.231. The van der Waals surface area contributed by atoms with E-state index in [1.807, 2.05) is 6.92 Å². The predicted molar refractivity (Wildman–Crippen MR) is 118 cm³/mol. The molecule has 2 aromatic carbocycles. The maximum absolute atomic E-state index is 13.0. The molecule has 4 rings (SSSR count). The van der Waals surface area contributed by atoms with Gasteiger partial charge in [0.05, 0.1) is 22.2 Å². The molecule has 12 heteroatoms. The van der Waals surface area contributed by atoms with Gasteiger partial charge in [-0.15, -0.1) is 0 Å². The molecule has 1 fully saturated rings. The van der Waals surface area contributed by atoms with E-state index in [2.05, 4.69) is 25.8 Å². The van der Waals surface area contributed by atoms with Crippen LogP contribution in [0.3, 0.4) is 0 Å². The van der Waals surface area contributed by atoms with E-state index in [-0.39, 0.29) is 22.9 Å². The largest absolute Gasteiger partial charge is 0.416 e. The first-order valence-electron chi connectivity index (χ1n) is 10.7. The minimum absolute atomic E-state index is 0.00686. The van der Waals surface area contributed by atoms with Crippen molar-refractivity contribution in [2.24, 2.45) is 4.99 Å². The maximum atomic E-state index is 13.0. The van der Waals surface area contributed by atoms with Gasteiger partial charge in [-0.2, -0.15) is 31.4 Å². The summed E-state index contributed by atoms with van der Waals surface area (Å²) >= 11 is 0. The lowest BCUT2D eigenvalue weighted by Gasteiger charge is -2.21. The van der Waals surface area contributed by atoms with E-state index in [9.17, 15) is 31.1 Å². The van der Waals surface area contributed by atoms with Gasteiger partial charge in [-0.05, 0) is 62.2 Å². The lowest BCUT2D eigenvalue weighted by molar-refractivity contribution is -0.138. The molecule has 0 radical (unpaired) electrons. The SMILES string of the molecule is CC1(N=C(NC(=O)c2ccc(C(F)(F)F)cc2)Nc2n[nH]c3cc(C(F)(F)F)ccc23)CCCC1. The van der Waals surface area contributed by atoms with Crippen LogP contribution in [-0.2, 0) is 12.4 Å². The van der Waals surface area contributed by atoms with E-state index in [4.69, 9.17) is 0 Å². The van der Waals surface area contributed by atoms with E-state index in [1.54, 1.807) is 0 Å². The molecule has 1 amide bonds. The number of alkyl halides is 6. The highest BCUT2D eigenvalue weighted by molar-refractivity contribution is 6.11. The minimum Gasteiger partial charge on any atom is -0.309 e. The van der Waals surface area contributed by atoms with Crippen LogP contribution >= 0.6 is 0 Å². The topological polar surface area (TPSA) is 82.2 Å². The van der Waals surface area contributed by atoms with Gasteiger partial charge in [0.15, 0.2) is 5.82 Å². The second kappa shape index (κ2) is 8.90. The van der Waals surface area contributed by atoms with Crippen molar-refractivity contribution < 1.29 is 31.1 Å². The van der Waals surface area contributed by atoms with Crippen LogP contribution in [0.25, 0.3) is 10.9 Å². The average molecular weight is 497 g/mol. The molecule has 1 aliphatic carbocycles. The summed E-state index contributed by atoms with van der Waals surface area (Å²) in [6.07, 6.45) is -5.67. The first-order chi connectivity index (χ1) is 16.3. The Morgan fingerprint density at radius 1 is 0.971 bits per heavy atom. The molecule has 0 unspecified atom stereocenters. The zero-order valence-electron chi connectivity index (χ0n) is 18.4. The van der Waals surface area contributed by atoms with Crippen LogP contribution in [0.1, 0.15) is 54.1 Å². The summed E-state index contributed by atoms with van der Waals surface area (Å²) in [7, 11) is 0. The van der Waals surface area contributed by atoms with Gasteiger partial charge in [0.2, 0.25) is 5.96 Å². The Kier molecular flexibility index (Phi) is 6.24. The summed E-state index contributed by atoms with van der Waals surface area (Å²) in [4.78, 5) is 17.4. The Hall–Kier alpha value is -3.57. The number of aromatic nitrogens is 2. The fourth-order valence-electron chi connectivity index (χ4n) is 4.00. The second-order valence-corrected chi connectivity index (χ2v) is 8.65. The number of carbonyl (C=O) groups excluding carboxylic acids is 1. The molecule has 0 atom stereocenters. The van der Waals surface area contributed by atoms with Crippen LogP contribution < -0.4 is 10.6 Å². The van der Waals surface area contributed by atoms with Gasteiger partial charge in [-0.25, -0.2) is 4.99 Å². The zero-order chi connectivity index (χ0) is 25.4. The average Bonchev–Trinajstić information content (AvgIpc) is 3.38. The van der Waals surface area contributed by atoms with E-state index in [1.165, 1.54) is 6.07 Å². The van der Waals surface area contributed by atoms with Crippen molar-refractivity contribution in [2.75, 3.05) is 5.32 Å². The number of aromatic amines is 1. The molecule has 0 spiro atoms. The number of aliphatic imine (C=N–C) groups is 1. The molecule has 1 heterocycles. The van der Waals surface area contributed by atoms with Crippen molar-refractivity contribution in [3.05, 3.63) is 59.2 Å². The summed E-state index contributed by atoms with van der Waals surface area (Å²) < 4.78 is 77.5. The molecule has 0 saturated heterocycles. The Balaban J connectivity index is 1.62. The molecule has 3 aromatic rings. The normalized spacial score (nSPS) is 16.5. The third kappa shape index (κ3) is 5.57. The van der Waals surface area contributed by atoms with Gasteiger partial charge in [-0.3, -0.25) is 15.2 Å². The number of guanidine groups is 1. The van der Waals surface area contributed by atoms with Gasteiger partial charge in [0, 0.05) is 10.9 Å². The molecule has 186 valence electrons. The van der Waals surface area contributed by atoms with Crippen molar-refractivity contribution in [3.8, 4) is 0 Å². The third-order valence-electron chi connectivity index (χ3n) is 5.90. The van der Waals surface area contributed by atoms with Gasteiger partial charge >= 0.3 is 12.4 Å². The van der Waals surface area contributed by atoms with E-state index in [0.717, 1.165) is 62.1 Å². The number of carbonyl (C=O) groups is 1. The monoisotopic (exact) mass is 497 g/mol. The summed E-state index contributed by atoms with van der Waals surface area (Å²) in [5.41, 5.74) is -2.12. The second-order valence-electron chi connectivity index (χ2n) is 8.65. The molecule has 1 aliphatic rings. The van der Waals surface area contributed by atoms with Crippen molar-refractivity contribution >= 4 is 28.6 Å². The number of nitrogens with zero attached hydrogens (tertiary/aromatic N) is 2. The van der Waals surface area contributed by atoms with Gasteiger partial charge in [0.25, 0.3) is 5.91 Å². The van der Waals surface area contributed by atoms with E-state index >= 15 is 0 Å². The summed E-state index contributed by atoms with van der Waals surface area (Å²) in [6.45, 7) is 1.91. The molecule has 3 N–H and O–H groups in total. The molecule has 0 aliphatic heterocycles. The van der Waals surface area contributed by atoms with Gasteiger partial charge < -0.3 is 5.32 Å². The van der Waals surface area contributed by atoms with Crippen molar-refractivity contribution in [3.63, 3.8) is 0 Å². The van der Waals surface area contributed by atoms with Crippen LogP contribution in [0.2, 0.25) is 0 Å². The highest BCUT2D eigenvalue weighted by Gasteiger charge is 2.32. The van der Waals surface area contributed by atoms with Gasteiger partial charge in [0.1, 0.15) is 0 Å². The number of benzene rings is 2. The molecule has 35 heavy (non-hydrogen) atoms. The molecule has 6 nitrogen and oxygen atoms in total. The smallest absolute Gasteiger partial charge is 0.309 e. The minimum atomic E-state index is -4.53. The predicted octanol–water partition coefficient (Wildman–Crippen LogP) is 6.13. The molecule has 0 bridgehead atoms. The summed E-state index contributed by atoms with van der Waals surface area (Å²) in [5.74, 6) is -0.569. The van der Waals surface area contributed by atoms with Crippen LogP contribution in [0.4, 0.5) is 32.2 Å². The van der Waals surface area contributed by atoms with Crippen molar-refractivity contribution in [1.82, 2.24) is 15.5 Å². The lowest BCUT2D eigenvalue weighted by Crippen LogP contribution is -2.38. The Morgan fingerprint density at radius 2 is 1.57 bits per heavy atom. The van der Waals surface area contributed by atoms with Gasteiger partial charge in [-0.1, -0.05) is 12.8 Å². The highest BCUT2D eigenvalue weighted by Crippen LogP contribution is 2.34. The summed E-state index contributed by atoms with van der Waals surface area (Å²) in [5, 5.41) is 12.3. The molecular weight excluding hydrogens is 476 g/mol. The fourth-order valence-corrected chi connectivity index (χ4v) is 4.00. The molecule has 1 saturated carbocycles. The van der Waals surface area contributed by atoms with E-state index in [0.29, 0.717) is 5.39 Å². The van der Waals surface area contributed by atoms with Crippen LogP contribution in [0, 0.1) is 0 Å². The van der Waals surface area contributed by atoms with E-state index < -0.39 is 34.9 Å². The summed E-state index contributed by atoms with van der Waals surface area (Å²) in [6, 6.07) is 6.79. The zero-order valence-corrected chi connectivity index (χ0v) is 18.4. The number of hydrogen-bond acceptors (Lipinski definition) is 3. The Labute approximate surface area is 195 Å². The van der Waals surface area contributed by atoms with Crippen LogP contribution in [0.15, 0.2) is 47.5 Å². The van der Waals surface area contributed by atoms with Crippen molar-refractivity contribution in [2.45, 2.75) is 50.5 Å². The Bertz CT molecular complexity index is 1250. The standard InChI is InChI=1S/C23H21F6N5O/c1-21(10-2-3-11-21)32-20(31-19(35)13-4-6-14(7-5-13)22(24,25)26)30-18-16-9-8-15(23(27,28)29)12-17(16)33-34-18/h4-9,12H,2-3,10-11H2,1H3,(H3,30,31,32,33,34,35). The number of fused-ring (bicyclic) bond motifs is 1. The molecule has 1 aromatic heterocycles. The van der Waals surface area contributed by atoms with Crippen LogP contribution in [0.5, 0.6) is 0 Å². The van der Waals surface area contributed by atoms with Crippen molar-refractivity contribution in [1.29, 1.82) is 0 Å². The Morgan fingerprint density at radius 3 is 2.17 bits per heavy atom. The number of nitrogens with one attached hydrogen (secondary N) is 3. The number of anilines is 1. The third-order valence-corrected chi connectivity index (χ3v) is 5.90. The number of halogens is 6. The first-order valence-corrected chi connectivity index (χ1v) is 10.7.